The maximum absolute atomic E-state index is 11.5. The normalized spacial score (nSPS) is 12.5. The summed E-state index contributed by atoms with van der Waals surface area (Å²) in [6.45, 7) is 3.44. The summed E-state index contributed by atoms with van der Waals surface area (Å²) in [7, 11) is 0. The molecule has 0 radical (unpaired) electrons. The maximum atomic E-state index is 11.5. The van der Waals surface area contributed by atoms with Gasteiger partial charge in [-0.2, -0.15) is 0 Å². The number of amides is 1. The highest BCUT2D eigenvalue weighted by molar-refractivity contribution is 7.03. The first-order valence-electron chi connectivity index (χ1n) is 4.33. The van der Waals surface area contributed by atoms with Gasteiger partial charge in [0.05, 0.1) is 0 Å². The quantitative estimate of drug-likeness (QED) is 0.778. The average molecular weight is 229 g/mol. The van der Waals surface area contributed by atoms with Crippen LogP contribution in [0.5, 0.6) is 0 Å². The lowest BCUT2D eigenvalue weighted by Gasteiger charge is -2.16. The van der Waals surface area contributed by atoms with E-state index in [4.69, 9.17) is 5.11 Å². The lowest BCUT2D eigenvalue weighted by atomic mass is 10.0. The minimum absolute atomic E-state index is 0.145. The number of aliphatic carboxylic acids is 1. The summed E-state index contributed by atoms with van der Waals surface area (Å²) in [6.07, 6.45) is 0. The van der Waals surface area contributed by atoms with Crippen LogP contribution in [-0.2, 0) is 4.79 Å². The van der Waals surface area contributed by atoms with Gasteiger partial charge in [-0.1, -0.05) is 18.3 Å². The second-order valence-corrected chi connectivity index (χ2v) is 3.93. The van der Waals surface area contributed by atoms with Crippen molar-refractivity contribution in [3.63, 3.8) is 0 Å². The van der Waals surface area contributed by atoms with E-state index < -0.39 is 17.9 Å². The molecule has 0 saturated heterocycles. The Morgan fingerprint density at radius 2 is 2.20 bits per heavy atom. The van der Waals surface area contributed by atoms with Crippen molar-refractivity contribution in [2.75, 3.05) is 0 Å². The van der Waals surface area contributed by atoms with Gasteiger partial charge in [-0.15, -0.1) is 5.10 Å². The Labute approximate surface area is 90.5 Å². The van der Waals surface area contributed by atoms with Gasteiger partial charge in [0.15, 0.2) is 5.69 Å². The van der Waals surface area contributed by atoms with Crippen LogP contribution in [0.15, 0.2) is 5.38 Å². The first-order chi connectivity index (χ1) is 7.02. The van der Waals surface area contributed by atoms with E-state index in [1.807, 2.05) is 0 Å². The monoisotopic (exact) mass is 229 g/mol. The van der Waals surface area contributed by atoms with Crippen LogP contribution in [0.3, 0.4) is 0 Å². The number of nitrogens with one attached hydrogen (secondary N) is 1. The molecule has 6 nitrogen and oxygen atoms in total. The molecule has 15 heavy (non-hydrogen) atoms. The van der Waals surface area contributed by atoms with E-state index in [1.165, 1.54) is 5.38 Å². The summed E-state index contributed by atoms with van der Waals surface area (Å²) in [5.41, 5.74) is 0.145. The summed E-state index contributed by atoms with van der Waals surface area (Å²) in [5.74, 6) is -1.75. The zero-order valence-corrected chi connectivity index (χ0v) is 9.11. The molecule has 0 aliphatic heterocycles. The van der Waals surface area contributed by atoms with Crippen molar-refractivity contribution in [1.29, 1.82) is 0 Å². The largest absolute Gasteiger partial charge is 0.480 e. The number of carbonyl (C=O) groups excluding carboxylic acids is 1. The maximum Gasteiger partial charge on any atom is 0.326 e. The molecule has 0 spiro atoms. The van der Waals surface area contributed by atoms with Crippen LogP contribution in [0.1, 0.15) is 24.3 Å². The summed E-state index contributed by atoms with van der Waals surface area (Å²) in [6, 6.07) is -0.904. The first-order valence-corrected chi connectivity index (χ1v) is 5.16. The minimum atomic E-state index is -1.05. The van der Waals surface area contributed by atoms with Gasteiger partial charge in [-0.25, -0.2) is 4.79 Å². The van der Waals surface area contributed by atoms with Gasteiger partial charge in [-0.05, 0) is 17.5 Å². The zero-order chi connectivity index (χ0) is 11.4. The number of nitrogens with zero attached hydrogens (tertiary/aromatic N) is 2. The molecule has 0 aliphatic carbocycles. The number of carboxylic acids is 1. The van der Waals surface area contributed by atoms with Gasteiger partial charge in [0.2, 0.25) is 0 Å². The van der Waals surface area contributed by atoms with E-state index in [2.05, 4.69) is 14.9 Å². The smallest absolute Gasteiger partial charge is 0.326 e. The van der Waals surface area contributed by atoms with Crippen molar-refractivity contribution in [2.45, 2.75) is 19.9 Å². The Kier molecular flexibility index (Phi) is 3.73. The van der Waals surface area contributed by atoms with Gasteiger partial charge in [-0.3, -0.25) is 4.79 Å². The van der Waals surface area contributed by atoms with Crippen LogP contribution in [0.4, 0.5) is 0 Å². The van der Waals surface area contributed by atoms with Gasteiger partial charge < -0.3 is 10.4 Å². The van der Waals surface area contributed by atoms with Crippen molar-refractivity contribution < 1.29 is 14.7 Å². The van der Waals surface area contributed by atoms with Crippen molar-refractivity contribution in [3.8, 4) is 0 Å². The van der Waals surface area contributed by atoms with E-state index in [0.717, 1.165) is 11.5 Å². The fourth-order valence-electron chi connectivity index (χ4n) is 0.992. The number of aromatic nitrogens is 2. The highest BCUT2D eigenvalue weighted by atomic mass is 32.1. The molecule has 7 heteroatoms. The van der Waals surface area contributed by atoms with Crippen LogP contribution in [-0.4, -0.2) is 32.6 Å². The minimum Gasteiger partial charge on any atom is -0.480 e. The molecule has 0 aliphatic rings. The second kappa shape index (κ2) is 4.83. The molecule has 2 N–H and O–H groups in total. The van der Waals surface area contributed by atoms with Crippen LogP contribution in [0.25, 0.3) is 0 Å². The molecule has 1 aromatic rings. The van der Waals surface area contributed by atoms with Crippen molar-refractivity contribution in [3.05, 3.63) is 11.1 Å². The Bertz CT molecular complexity index is 350. The summed E-state index contributed by atoms with van der Waals surface area (Å²) in [4.78, 5) is 22.3. The van der Waals surface area contributed by atoms with Gasteiger partial charge in [0, 0.05) is 5.38 Å². The molecule has 1 aromatic heterocycles. The molecule has 0 saturated carbocycles. The second-order valence-electron chi connectivity index (χ2n) is 3.32. The van der Waals surface area contributed by atoms with Crippen LogP contribution in [0.2, 0.25) is 0 Å². The number of rotatable bonds is 4. The van der Waals surface area contributed by atoms with Crippen molar-refractivity contribution in [2.24, 2.45) is 5.92 Å². The highest BCUT2D eigenvalue weighted by Gasteiger charge is 2.24. The van der Waals surface area contributed by atoms with E-state index in [0.29, 0.717) is 0 Å². The molecule has 0 bridgehead atoms. The summed E-state index contributed by atoms with van der Waals surface area (Å²) >= 11 is 1.04. The van der Waals surface area contributed by atoms with E-state index >= 15 is 0 Å². The molecule has 1 rings (SSSR count). The predicted molar refractivity (Wildman–Crippen MR) is 53.6 cm³/mol. The average Bonchev–Trinajstić information content (AvgIpc) is 2.65. The SMILES string of the molecule is CC(C)[C@H](NC(=O)c1csnn1)C(=O)O. The highest BCUT2D eigenvalue weighted by Crippen LogP contribution is 2.04. The lowest BCUT2D eigenvalue weighted by Crippen LogP contribution is -2.44. The number of hydrogen-bond acceptors (Lipinski definition) is 5. The molecule has 1 amide bonds. The third-order valence-electron chi connectivity index (χ3n) is 1.81. The van der Waals surface area contributed by atoms with Gasteiger partial charge in [0.25, 0.3) is 5.91 Å². The standard InChI is InChI=1S/C8H11N3O3S/c1-4(2)6(8(13)14)9-7(12)5-3-15-11-10-5/h3-4,6H,1-2H3,(H,9,12)(H,13,14)/t6-/m0/s1. The van der Waals surface area contributed by atoms with Crippen LogP contribution < -0.4 is 5.32 Å². The van der Waals surface area contributed by atoms with Crippen LogP contribution in [0, 0.1) is 5.92 Å². The first kappa shape index (κ1) is 11.6. The van der Waals surface area contributed by atoms with Gasteiger partial charge in [0.1, 0.15) is 6.04 Å². The molecule has 0 aromatic carbocycles. The fourth-order valence-corrected chi connectivity index (χ4v) is 1.43. The van der Waals surface area contributed by atoms with Gasteiger partial charge >= 0.3 is 5.97 Å². The number of carboxylic acid groups (broad SMARTS) is 1. The van der Waals surface area contributed by atoms with Crippen molar-refractivity contribution in [1.82, 2.24) is 14.9 Å². The van der Waals surface area contributed by atoms with E-state index in [1.54, 1.807) is 13.8 Å². The fraction of sp³-hybridized carbons (Fsp3) is 0.500. The number of hydrogen-bond donors (Lipinski definition) is 2. The molecule has 0 fully saturated rings. The van der Waals surface area contributed by atoms with Crippen molar-refractivity contribution >= 4 is 23.4 Å². The predicted octanol–water partition coefficient (Wildman–Crippen LogP) is 0.377. The molecular weight excluding hydrogens is 218 g/mol. The zero-order valence-electron chi connectivity index (χ0n) is 8.30. The third kappa shape index (κ3) is 2.98. The Balaban J connectivity index is 2.67. The molecule has 1 atom stereocenters. The summed E-state index contributed by atoms with van der Waals surface area (Å²) < 4.78 is 3.52. The Morgan fingerprint density at radius 3 is 2.60 bits per heavy atom. The third-order valence-corrected chi connectivity index (χ3v) is 2.32. The number of carbonyl (C=O) groups is 2. The Morgan fingerprint density at radius 1 is 1.53 bits per heavy atom. The molecule has 0 unspecified atom stereocenters. The van der Waals surface area contributed by atoms with E-state index in [-0.39, 0.29) is 11.6 Å². The molecule has 1 heterocycles. The lowest BCUT2D eigenvalue weighted by molar-refractivity contribution is -0.140. The topological polar surface area (TPSA) is 92.2 Å². The molecular formula is C8H11N3O3S. The van der Waals surface area contributed by atoms with Crippen LogP contribution >= 0.6 is 11.5 Å². The van der Waals surface area contributed by atoms with E-state index in [9.17, 15) is 9.59 Å². The summed E-state index contributed by atoms with van der Waals surface area (Å²) in [5, 5.41) is 16.2. The Hall–Kier alpha value is -1.50. The molecule has 82 valence electrons.